The molecule has 2 aromatic rings. The minimum atomic E-state index is -0.0464. The van der Waals surface area contributed by atoms with Crippen LogP contribution in [-0.4, -0.2) is 4.98 Å². The number of alkyl halides is 1. The van der Waals surface area contributed by atoms with Crippen LogP contribution in [0.1, 0.15) is 33.6 Å². The number of hydrogen-bond donors (Lipinski definition) is 0. The molecule has 17 heavy (non-hydrogen) atoms. The van der Waals surface area contributed by atoms with E-state index in [1.807, 2.05) is 26.0 Å². The Kier molecular flexibility index (Phi) is 3.53. The Morgan fingerprint density at radius 3 is 2.35 bits per heavy atom. The Labute approximate surface area is 107 Å². The number of hydrogen-bond acceptors (Lipinski definition) is 2. The molecule has 0 aromatic carbocycles. The zero-order chi connectivity index (χ0) is 12.4. The molecule has 2 rings (SSSR count). The van der Waals surface area contributed by atoms with Gasteiger partial charge in [-0.05, 0) is 50.5 Å². The quantitative estimate of drug-likeness (QED) is 0.765. The van der Waals surface area contributed by atoms with Gasteiger partial charge in [0.15, 0.2) is 0 Å². The SMILES string of the molecule is Cc1oc(C)c(C(Cl)Cc2ccncc2)c1C. The summed E-state index contributed by atoms with van der Waals surface area (Å²) in [5, 5.41) is -0.0464. The summed E-state index contributed by atoms with van der Waals surface area (Å²) in [6.07, 6.45) is 4.38. The van der Waals surface area contributed by atoms with E-state index in [1.54, 1.807) is 12.4 Å². The van der Waals surface area contributed by atoms with Gasteiger partial charge in [-0.15, -0.1) is 11.6 Å². The van der Waals surface area contributed by atoms with Crippen molar-refractivity contribution in [2.24, 2.45) is 0 Å². The van der Waals surface area contributed by atoms with Gasteiger partial charge < -0.3 is 4.42 Å². The first-order valence-electron chi connectivity index (χ1n) is 5.69. The van der Waals surface area contributed by atoms with E-state index in [9.17, 15) is 0 Å². The van der Waals surface area contributed by atoms with E-state index in [-0.39, 0.29) is 5.38 Å². The van der Waals surface area contributed by atoms with Gasteiger partial charge in [0.1, 0.15) is 11.5 Å². The Hall–Kier alpha value is -1.28. The van der Waals surface area contributed by atoms with Crippen molar-refractivity contribution in [3.05, 3.63) is 52.7 Å². The van der Waals surface area contributed by atoms with E-state index in [4.69, 9.17) is 16.0 Å². The molecule has 2 aromatic heterocycles. The monoisotopic (exact) mass is 249 g/mol. The van der Waals surface area contributed by atoms with Gasteiger partial charge in [-0.3, -0.25) is 4.98 Å². The predicted molar refractivity (Wildman–Crippen MR) is 69.5 cm³/mol. The average Bonchev–Trinajstić information content (AvgIpc) is 2.54. The van der Waals surface area contributed by atoms with Gasteiger partial charge in [0.2, 0.25) is 0 Å². The Balaban J connectivity index is 2.23. The summed E-state index contributed by atoms with van der Waals surface area (Å²) in [5.74, 6) is 1.88. The van der Waals surface area contributed by atoms with Crippen LogP contribution in [0.3, 0.4) is 0 Å². The maximum Gasteiger partial charge on any atom is 0.106 e. The smallest absolute Gasteiger partial charge is 0.106 e. The number of aromatic nitrogens is 1. The van der Waals surface area contributed by atoms with Gasteiger partial charge in [0.05, 0.1) is 5.38 Å². The lowest BCUT2D eigenvalue weighted by Gasteiger charge is -2.10. The number of aryl methyl sites for hydroxylation is 2. The van der Waals surface area contributed by atoms with E-state index < -0.39 is 0 Å². The number of halogens is 1. The molecule has 0 saturated carbocycles. The van der Waals surface area contributed by atoms with Crippen molar-refractivity contribution in [3.8, 4) is 0 Å². The molecule has 0 aliphatic rings. The molecule has 0 N–H and O–H groups in total. The van der Waals surface area contributed by atoms with Crippen LogP contribution >= 0.6 is 11.6 Å². The second-order valence-electron chi connectivity index (χ2n) is 4.28. The first-order valence-corrected chi connectivity index (χ1v) is 6.12. The van der Waals surface area contributed by atoms with E-state index in [0.717, 1.165) is 29.1 Å². The molecule has 0 fully saturated rings. The van der Waals surface area contributed by atoms with Crippen molar-refractivity contribution < 1.29 is 4.42 Å². The second-order valence-corrected chi connectivity index (χ2v) is 4.81. The van der Waals surface area contributed by atoms with Crippen LogP contribution in [-0.2, 0) is 6.42 Å². The summed E-state index contributed by atoms with van der Waals surface area (Å²) >= 11 is 6.48. The van der Waals surface area contributed by atoms with Gasteiger partial charge in [-0.1, -0.05) is 0 Å². The standard InChI is InChI=1S/C14H16ClNO/c1-9-10(2)17-11(3)14(9)13(15)8-12-4-6-16-7-5-12/h4-7,13H,8H2,1-3H3. The number of furan rings is 1. The van der Waals surface area contributed by atoms with Gasteiger partial charge >= 0.3 is 0 Å². The fraction of sp³-hybridized carbons (Fsp3) is 0.357. The lowest BCUT2D eigenvalue weighted by atomic mass is 10.0. The van der Waals surface area contributed by atoms with E-state index in [0.29, 0.717) is 0 Å². The van der Waals surface area contributed by atoms with E-state index >= 15 is 0 Å². The maximum atomic E-state index is 6.48. The second kappa shape index (κ2) is 4.92. The van der Waals surface area contributed by atoms with Crippen molar-refractivity contribution in [1.29, 1.82) is 0 Å². The molecule has 1 atom stereocenters. The molecule has 0 spiro atoms. The minimum absolute atomic E-state index is 0.0464. The third-order valence-corrected chi connectivity index (χ3v) is 3.47. The summed E-state index contributed by atoms with van der Waals surface area (Å²) in [6, 6.07) is 3.99. The van der Waals surface area contributed by atoms with Crippen molar-refractivity contribution in [2.75, 3.05) is 0 Å². The maximum absolute atomic E-state index is 6.48. The normalized spacial score (nSPS) is 12.7. The Morgan fingerprint density at radius 2 is 1.82 bits per heavy atom. The topological polar surface area (TPSA) is 26.0 Å². The van der Waals surface area contributed by atoms with Crippen LogP contribution in [0.4, 0.5) is 0 Å². The Bertz CT molecular complexity index is 504. The third kappa shape index (κ3) is 2.52. The zero-order valence-corrected chi connectivity index (χ0v) is 11.1. The van der Waals surface area contributed by atoms with E-state index in [2.05, 4.69) is 11.9 Å². The van der Waals surface area contributed by atoms with Crippen LogP contribution in [0, 0.1) is 20.8 Å². The molecular formula is C14H16ClNO. The molecule has 90 valence electrons. The zero-order valence-electron chi connectivity index (χ0n) is 10.3. The van der Waals surface area contributed by atoms with Gasteiger partial charge in [0.25, 0.3) is 0 Å². The van der Waals surface area contributed by atoms with Crippen LogP contribution < -0.4 is 0 Å². The van der Waals surface area contributed by atoms with Crippen LogP contribution in [0.15, 0.2) is 28.9 Å². The highest BCUT2D eigenvalue weighted by atomic mass is 35.5. The number of nitrogens with zero attached hydrogens (tertiary/aromatic N) is 1. The molecule has 2 heterocycles. The average molecular weight is 250 g/mol. The predicted octanol–water partition coefficient (Wildman–Crippen LogP) is 4.12. The van der Waals surface area contributed by atoms with Crippen molar-refractivity contribution in [3.63, 3.8) is 0 Å². The molecule has 2 nitrogen and oxygen atoms in total. The van der Waals surface area contributed by atoms with E-state index in [1.165, 1.54) is 5.56 Å². The molecule has 0 amide bonds. The Morgan fingerprint density at radius 1 is 1.18 bits per heavy atom. The molecule has 0 radical (unpaired) electrons. The highest BCUT2D eigenvalue weighted by Gasteiger charge is 2.19. The molecule has 0 bridgehead atoms. The third-order valence-electron chi connectivity index (χ3n) is 3.10. The fourth-order valence-electron chi connectivity index (χ4n) is 2.10. The summed E-state index contributed by atoms with van der Waals surface area (Å²) in [4.78, 5) is 4.00. The highest BCUT2D eigenvalue weighted by molar-refractivity contribution is 6.21. The lowest BCUT2D eigenvalue weighted by molar-refractivity contribution is 0.499. The van der Waals surface area contributed by atoms with Gasteiger partial charge in [0, 0.05) is 18.0 Å². The molecule has 3 heteroatoms. The summed E-state index contributed by atoms with van der Waals surface area (Å²) < 4.78 is 5.61. The number of rotatable bonds is 3. The fourth-order valence-corrected chi connectivity index (χ4v) is 2.59. The van der Waals surface area contributed by atoms with Crippen molar-refractivity contribution in [2.45, 2.75) is 32.6 Å². The highest BCUT2D eigenvalue weighted by Crippen LogP contribution is 2.33. The summed E-state index contributed by atoms with van der Waals surface area (Å²) in [6.45, 7) is 6.00. The van der Waals surface area contributed by atoms with Crippen molar-refractivity contribution >= 4 is 11.6 Å². The first kappa shape index (κ1) is 12.2. The molecule has 0 aliphatic carbocycles. The van der Waals surface area contributed by atoms with Crippen LogP contribution in [0.5, 0.6) is 0 Å². The number of pyridine rings is 1. The van der Waals surface area contributed by atoms with Gasteiger partial charge in [-0.2, -0.15) is 0 Å². The molecule has 0 aliphatic heterocycles. The van der Waals surface area contributed by atoms with Crippen LogP contribution in [0.2, 0.25) is 0 Å². The lowest BCUT2D eigenvalue weighted by Crippen LogP contribution is -1.98. The molecular weight excluding hydrogens is 234 g/mol. The first-order chi connectivity index (χ1) is 8.09. The molecule has 0 saturated heterocycles. The van der Waals surface area contributed by atoms with Crippen LogP contribution in [0.25, 0.3) is 0 Å². The minimum Gasteiger partial charge on any atom is -0.466 e. The van der Waals surface area contributed by atoms with Crippen molar-refractivity contribution in [1.82, 2.24) is 4.98 Å². The largest absolute Gasteiger partial charge is 0.466 e. The molecule has 1 unspecified atom stereocenters. The van der Waals surface area contributed by atoms with Gasteiger partial charge in [-0.25, -0.2) is 0 Å². The summed E-state index contributed by atoms with van der Waals surface area (Å²) in [7, 11) is 0. The summed E-state index contributed by atoms with van der Waals surface area (Å²) in [5.41, 5.74) is 3.48.